The second-order valence-electron chi connectivity index (χ2n) is 7.53. The van der Waals surface area contributed by atoms with E-state index in [0.29, 0.717) is 24.8 Å². The Morgan fingerprint density at radius 2 is 2.19 bits per heavy atom. The molecule has 1 aromatic carbocycles. The van der Waals surface area contributed by atoms with E-state index in [1.54, 1.807) is 0 Å². The zero-order valence-corrected chi connectivity index (χ0v) is 16.5. The molecule has 0 saturated carbocycles. The fraction of sp³-hybridized carbons (Fsp3) is 0.600. The minimum atomic E-state index is -0.524. The molecule has 2 saturated heterocycles. The number of nitrogens with one attached hydrogen (secondary N) is 1. The average Bonchev–Trinajstić information content (AvgIpc) is 3.04. The minimum absolute atomic E-state index is 0.0276. The Morgan fingerprint density at radius 3 is 2.93 bits per heavy atom. The van der Waals surface area contributed by atoms with Gasteiger partial charge >= 0.3 is 0 Å². The Labute approximate surface area is 164 Å². The average molecular weight is 396 g/mol. The lowest BCUT2D eigenvalue weighted by atomic mass is 10.0. The third kappa shape index (κ3) is 4.99. The van der Waals surface area contributed by atoms with Crippen LogP contribution in [0.2, 0.25) is 5.02 Å². The highest BCUT2D eigenvalue weighted by atomic mass is 35.5. The first-order valence-corrected chi connectivity index (χ1v) is 10.1. The number of likely N-dealkylation sites (tertiary alicyclic amines) is 1. The smallest absolute Gasteiger partial charge is 0.227 e. The van der Waals surface area contributed by atoms with Gasteiger partial charge < -0.3 is 15.1 Å². The van der Waals surface area contributed by atoms with Gasteiger partial charge in [-0.2, -0.15) is 0 Å². The van der Waals surface area contributed by atoms with Gasteiger partial charge in [0, 0.05) is 37.8 Å². The van der Waals surface area contributed by atoms with Gasteiger partial charge in [-0.25, -0.2) is 4.39 Å². The number of halogens is 2. The van der Waals surface area contributed by atoms with E-state index >= 15 is 0 Å². The van der Waals surface area contributed by atoms with Crippen molar-refractivity contribution in [1.29, 1.82) is 0 Å². The molecular weight excluding hydrogens is 369 g/mol. The predicted octanol–water partition coefficient (Wildman–Crippen LogP) is 3.21. The molecule has 7 heteroatoms. The summed E-state index contributed by atoms with van der Waals surface area (Å²) in [5, 5.41) is 2.93. The van der Waals surface area contributed by atoms with Crippen molar-refractivity contribution in [2.75, 3.05) is 31.1 Å². The molecule has 3 rings (SSSR count). The number of nitrogens with zero attached hydrogens (tertiary/aromatic N) is 2. The molecule has 2 aliphatic heterocycles. The van der Waals surface area contributed by atoms with Gasteiger partial charge in [-0.1, -0.05) is 18.0 Å². The van der Waals surface area contributed by atoms with E-state index in [1.165, 1.54) is 42.4 Å². The Bertz CT molecular complexity index is 700. The maximum Gasteiger partial charge on any atom is 0.227 e. The molecule has 1 aromatic rings. The van der Waals surface area contributed by atoms with E-state index < -0.39 is 5.82 Å². The molecule has 2 unspecified atom stereocenters. The molecule has 0 radical (unpaired) electrons. The fourth-order valence-corrected chi connectivity index (χ4v) is 4.09. The van der Waals surface area contributed by atoms with Crippen LogP contribution in [0.3, 0.4) is 0 Å². The zero-order valence-electron chi connectivity index (χ0n) is 15.7. The Balaban J connectivity index is 1.45. The molecule has 0 aromatic heterocycles. The number of benzene rings is 1. The number of rotatable bonds is 6. The highest BCUT2D eigenvalue weighted by Crippen LogP contribution is 2.28. The highest BCUT2D eigenvalue weighted by Gasteiger charge is 2.35. The van der Waals surface area contributed by atoms with Crippen molar-refractivity contribution in [2.24, 2.45) is 5.92 Å². The molecule has 0 aliphatic carbocycles. The Hall–Kier alpha value is -1.66. The molecule has 27 heavy (non-hydrogen) atoms. The minimum Gasteiger partial charge on any atom is -0.356 e. The van der Waals surface area contributed by atoms with Crippen molar-refractivity contribution in [3.63, 3.8) is 0 Å². The number of hydrogen-bond acceptors (Lipinski definition) is 3. The summed E-state index contributed by atoms with van der Waals surface area (Å²) in [5.41, 5.74) is 0.529. The van der Waals surface area contributed by atoms with E-state index in [2.05, 4.69) is 17.1 Å². The first-order valence-electron chi connectivity index (χ1n) is 9.73. The topological polar surface area (TPSA) is 52.7 Å². The summed E-state index contributed by atoms with van der Waals surface area (Å²) in [6.07, 6.45) is 4.89. The third-order valence-electron chi connectivity index (χ3n) is 5.57. The molecule has 2 heterocycles. The van der Waals surface area contributed by atoms with E-state index in [1.807, 2.05) is 0 Å². The van der Waals surface area contributed by atoms with Crippen molar-refractivity contribution in [1.82, 2.24) is 10.2 Å². The third-order valence-corrected chi connectivity index (χ3v) is 5.86. The molecular formula is C20H27ClFN3O2. The predicted molar refractivity (Wildman–Crippen MR) is 104 cm³/mol. The number of carbonyl (C=O) groups excluding carboxylic acids is 2. The summed E-state index contributed by atoms with van der Waals surface area (Å²) >= 11 is 5.80. The quantitative estimate of drug-likeness (QED) is 0.752. The molecule has 148 valence electrons. The van der Waals surface area contributed by atoms with Crippen LogP contribution in [0.5, 0.6) is 0 Å². The molecule has 2 aliphatic rings. The second kappa shape index (κ2) is 9.02. The van der Waals surface area contributed by atoms with E-state index in [0.717, 1.165) is 19.5 Å². The number of amides is 2. The standard InChI is InChI=1S/C20H27ClFN3O2/c1-14-5-2-3-9-24(14)10-4-8-23-20(27)15-11-19(26)25(13-15)16-6-7-18(22)17(21)12-16/h6-7,12,14-15H,2-5,8-11,13H2,1H3,(H,23,27). The summed E-state index contributed by atoms with van der Waals surface area (Å²) in [7, 11) is 0. The molecule has 2 amide bonds. The van der Waals surface area contributed by atoms with Gasteiger partial charge in [0.05, 0.1) is 10.9 Å². The molecule has 0 bridgehead atoms. The van der Waals surface area contributed by atoms with Crippen molar-refractivity contribution >= 4 is 29.1 Å². The van der Waals surface area contributed by atoms with Crippen LogP contribution < -0.4 is 10.2 Å². The van der Waals surface area contributed by atoms with Crippen molar-refractivity contribution in [3.05, 3.63) is 29.0 Å². The Kier molecular flexibility index (Phi) is 6.71. The molecule has 1 N–H and O–H groups in total. The lowest BCUT2D eigenvalue weighted by molar-refractivity contribution is -0.126. The molecule has 2 fully saturated rings. The number of piperidine rings is 1. The maximum absolute atomic E-state index is 13.3. The highest BCUT2D eigenvalue weighted by molar-refractivity contribution is 6.31. The second-order valence-corrected chi connectivity index (χ2v) is 7.94. The van der Waals surface area contributed by atoms with Crippen LogP contribution in [0, 0.1) is 11.7 Å². The van der Waals surface area contributed by atoms with Gasteiger partial charge in [-0.3, -0.25) is 9.59 Å². The van der Waals surface area contributed by atoms with Gasteiger partial charge in [-0.05, 0) is 50.9 Å². The molecule has 0 spiro atoms. The summed E-state index contributed by atoms with van der Waals surface area (Å²) < 4.78 is 13.3. The van der Waals surface area contributed by atoms with Gasteiger partial charge in [0.1, 0.15) is 5.82 Å². The van der Waals surface area contributed by atoms with E-state index in [9.17, 15) is 14.0 Å². The monoisotopic (exact) mass is 395 g/mol. The number of hydrogen-bond donors (Lipinski definition) is 1. The van der Waals surface area contributed by atoms with Crippen LogP contribution in [-0.4, -0.2) is 48.9 Å². The summed E-state index contributed by atoms with van der Waals surface area (Å²) in [6.45, 7) is 5.32. The van der Waals surface area contributed by atoms with Crippen LogP contribution in [0.1, 0.15) is 39.0 Å². The molecule has 5 nitrogen and oxygen atoms in total. The largest absolute Gasteiger partial charge is 0.356 e. The summed E-state index contributed by atoms with van der Waals surface area (Å²) in [5.74, 6) is -1.13. The lowest BCUT2D eigenvalue weighted by Crippen LogP contribution is -2.40. The zero-order chi connectivity index (χ0) is 19.4. The van der Waals surface area contributed by atoms with Crippen LogP contribution in [-0.2, 0) is 9.59 Å². The van der Waals surface area contributed by atoms with Crippen molar-refractivity contribution in [3.8, 4) is 0 Å². The normalized spacial score (nSPS) is 23.7. The van der Waals surface area contributed by atoms with Crippen molar-refractivity contribution in [2.45, 2.75) is 45.1 Å². The first-order chi connectivity index (χ1) is 13.0. The number of anilines is 1. The van der Waals surface area contributed by atoms with Gasteiger partial charge in [0.25, 0.3) is 0 Å². The summed E-state index contributed by atoms with van der Waals surface area (Å²) in [6, 6.07) is 4.80. The van der Waals surface area contributed by atoms with E-state index in [-0.39, 0.29) is 29.2 Å². The molecule has 2 atom stereocenters. The van der Waals surface area contributed by atoms with Crippen molar-refractivity contribution < 1.29 is 14.0 Å². The first kappa shape index (κ1) is 20.1. The SMILES string of the molecule is CC1CCCCN1CCCNC(=O)C1CC(=O)N(c2ccc(F)c(Cl)c2)C1. The number of carbonyl (C=O) groups is 2. The fourth-order valence-electron chi connectivity index (χ4n) is 3.91. The van der Waals surface area contributed by atoms with Gasteiger partial charge in [-0.15, -0.1) is 0 Å². The maximum atomic E-state index is 13.3. The van der Waals surface area contributed by atoms with Crippen LogP contribution >= 0.6 is 11.6 Å². The van der Waals surface area contributed by atoms with Gasteiger partial charge in [0.15, 0.2) is 0 Å². The van der Waals surface area contributed by atoms with Crippen LogP contribution in [0.15, 0.2) is 18.2 Å². The summed E-state index contributed by atoms with van der Waals surface area (Å²) in [4.78, 5) is 28.7. The van der Waals surface area contributed by atoms with Gasteiger partial charge in [0.2, 0.25) is 11.8 Å². The van der Waals surface area contributed by atoms with E-state index in [4.69, 9.17) is 11.6 Å². The lowest BCUT2D eigenvalue weighted by Gasteiger charge is -2.33. The van der Waals surface area contributed by atoms with Crippen LogP contribution in [0.4, 0.5) is 10.1 Å². The Morgan fingerprint density at radius 1 is 1.37 bits per heavy atom. The van der Waals surface area contributed by atoms with Crippen LogP contribution in [0.25, 0.3) is 0 Å².